The van der Waals surface area contributed by atoms with E-state index in [9.17, 15) is 13.2 Å². The third-order valence-corrected chi connectivity index (χ3v) is 5.26. The van der Waals surface area contributed by atoms with Gasteiger partial charge in [0, 0.05) is 11.8 Å². The quantitative estimate of drug-likeness (QED) is 0.783. The summed E-state index contributed by atoms with van der Waals surface area (Å²) in [5.74, 6) is 0.351. The average Bonchev–Trinajstić information content (AvgIpc) is 2.61. The summed E-state index contributed by atoms with van der Waals surface area (Å²) in [4.78, 5) is 12.5. The van der Waals surface area contributed by atoms with Crippen LogP contribution in [0.25, 0.3) is 0 Å². The molecule has 0 saturated carbocycles. The zero-order valence-corrected chi connectivity index (χ0v) is 16.9. The summed E-state index contributed by atoms with van der Waals surface area (Å²) in [6.07, 6.45) is 1.04. The first-order valence-electron chi connectivity index (χ1n) is 8.22. The van der Waals surface area contributed by atoms with Gasteiger partial charge in [0.25, 0.3) is 0 Å². The van der Waals surface area contributed by atoms with E-state index in [1.165, 1.54) is 14.2 Å². The second-order valence-electron chi connectivity index (χ2n) is 6.15. The SMILES string of the molecule is COc1ccc(N(CC(=O)Nc2ccc(C)c(C)c2)S(C)(=O)=O)c(OC)c1. The molecule has 0 atom stereocenters. The summed E-state index contributed by atoms with van der Waals surface area (Å²) in [6, 6.07) is 10.2. The molecule has 0 unspecified atom stereocenters. The molecule has 0 heterocycles. The van der Waals surface area contributed by atoms with Crippen molar-refractivity contribution in [2.24, 2.45) is 0 Å². The molecular formula is C19H24N2O5S. The highest BCUT2D eigenvalue weighted by atomic mass is 32.2. The molecule has 2 rings (SSSR count). The molecule has 8 heteroatoms. The van der Waals surface area contributed by atoms with Gasteiger partial charge in [-0.1, -0.05) is 6.07 Å². The lowest BCUT2D eigenvalue weighted by atomic mass is 10.1. The molecule has 2 aromatic rings. The number of nitrogens with zero attached hydrogens (tertiary/aromatic N) is 1. The molecule has 0 bridgehead atoms. The lowest BCUT2D eigenvalue weighted by molar-refractivity contribution is -0.114. The predicted molar refractivity (Wildman–Crippen MR) is 106 cm³/mol. The minimum Gasteiger partial charge on any atom is -0.497 e. The van der Waals surface area contributed by atoms with Crippen molar-refractivity contribution in [1.29, 1.82) is 0 Å². The minimum atomic E-state index is -3.72. The van der Waals surface area contributed by atoms with Crippen LogP contribution in [0.4, 0.5) is 11.4 Å². The lowest BCUT2D eigenvalue weighted by Gasteiger charge is -2.24. The second kappa shape index (κ2) is 8.30. The molecule has 146 valence electrons. The summed E-state index contributed by atoms with van der Waals surface area (Å²) < 4.78 is 36.0. The normalized spacial score (nSPS) is 11.0. The van der Waals surface area contributed by atoms with Gasteiger partial charge in [-0.05, 0) is 49.2 Å². The molecule has 0 aliphatic carbocycles. The highest BCUT2D eigenvalue weighted by Gasteiger charge is 2.24. The number of hydrogen-bond donors (Lipinski definition) is 1. The highest BCUT2D eigenvalue weighted by Crippen LogP contribution is 2.33. The Labute approximate surface area is 160 Å². The Balaban J connectivity index is 2.30. The van der Waals surface area contributed by atoms with E-state index < -0.39 is 15.9 Å². The van der Waals surface area contributed by atoms with E-state index in [1.54, 1.807) is 24.3 Å². The molecule has 27 heavy (non-hydrogen) atoms. The Bertz CT molecular complexity index is 941. The maximum absolute atomic E-state index is 12.5. The summed E-state index contributed by atoms with van der Waals surface area (Å²) >= 11 is 0. The zero-order chi connectivity index (χ0) is 20.2. The Kier molecular flexibility index (Phi) is 6.32. The van der Waals surface area contributed by atoms with E-state index in [4.69, 9.17) is 9.47 Å². The number of methoxy groups -OCH3 is 2. The summed E-state index contributed by atoms with van der Waals surface area (Å²) in [6.45, 7) is 3.53. The Morgan fingerprint density at radius 1 is 1.04 bits per heavy atom. The average molecular weight is 392 g/mol. The van der Waals surface area contributed by atoms with Crippen molar-refractivity contribution >= 4 is 27.3 Å². The molecule has 0 aliphatic rings. The summed E-state index contributed by atoms with van der Waals surface area (Å²) in [7, 11) is -0.796. The molecule has 0 spiro atoms. The topological polar surface area (TPSA) is 84.9 Å². The van der Waals surface area contributed by atoms with Gasteiger partial charge in [0.1, 0.15) is 18.0 Å². The number of ether oxygens (including phenoxy) is 2. The Morgan fingerprint density at radius 2 is 1.74 bits per heavy atom. The number of hydrogen-bond acceptors (Lipinski definition) is 5. The van der Waals surface area contributed by atoms with Gasteiger partial charge < -0.3 is 14.8 Å². The van der Waals surface area contributed by atoms with Crippen molar-refractivity contribution < 1.29 is 22.7 Å². The van der Waals surface area contributed by atoms with Gasteiger partial charge in [0.15, 0.2) is 0 Å². The number of carbonyl (C=O) groups is 1. The van der Waals surface area contributed by atoms with Crippen molar-refractivity contribution in [1.82, 2.24) is 0 Å². The number of benzene rings is 2. The molecular weight excluding hydrogens is 368 g/mol. The molecule has 0 saturated heterocycles. The molecule has 0 aromatic heterocycles. The van der Waals surface area contributed by atoms with E-state index in [1.807, 2.05) is 26.0 Å². The number of anilines is 2. The van der Waals surface area contributed by atoms with Gasteiger partial charge in [-0.2, -0.15) is 0 Å². The largest absolute Gasteiger partial charge is 0.497 e. The van der Waals surface area contributed by atoms with Crippen molar-refractivity contribution in [2.45, 2.75) is 13.8 Å². The predicted octanol–water partition coefficient (Wildman–Crippen LogP) is 2.73. The third-order valence-electron chi connectivity index (χ3n) is 4.13. The Morgan fingerprint density at radius 3 is 2.30 bits per heavy atom. The molecule has 1 N–H and O–H groups in total. The molecule has 0 fully saturated rings. The molecule has 2 aromatic carbocycles. The van der Waals surface area contributed by atoms with Crippen LogP contribution < -0.4 is 19.1 Å². The maximum atomic E-state index is 12.5. The number of aryl methyl sites for hydroxylation is 2. The highest BCUT2D eigenvalue weighted by molar-refractivity contribution is 7.92. The van der Waals surface area contributed by atoms with Crippen LogP contribution in [0.15, 0.2) is 36.4 Å². The van der Waals surface area contributed by atoms with Gasteiger partial charge in [0.2, 0.25) is 15.9 Å². The van der Waals surface area contributed by atoms with Crippen LogP contribution in [-0.4, -0.2) is 41.3 Å². The van der Waals surface area contributed by atoms with Crippen molar-refractivity contribution in [3.63, 3.8) is 0 Å². The van der Waals surface area contributed by atoms with Crippen LogP contribution in [0.5, 0.6) is 11.5 Å². The van der Waals surface area contributed by atoms with Crippen LogP contribution in [0, 0.1) is 13.8 Å². The van der Waals surface area contributed by atoms with Crippen molar-refractivity contribution in [3.05, 3.63) is 47.5 Å². The molecule has 0 radical (unpaired) electrons. The smallest absolute Gasteiger partial charge is 0.245 e. The number of carbonyl (C=O) groups excluding carboxylic acids is 1. The van der Waals surface area contributed by atoms with Crippen LogP contribution in [0.3, 0.4) is 0 Å². The fourth-order valence-corrected chi connectivity index (χ4v) is 3.38. The number of sulfonamides is 1. The van der Waals surface area contributed by atoms with Gasteiger partial charge >= 0.3 is 0 Å². The van der Waals surface area contributed by atoms with E-state index in [0.717, 1.165) is 21.7 Å². The van der Waals surface area contributed by atoms with Crippen LogP contribution >= 0.6 is 0 Å². The summed E-state index contributed by atoms with van der Waals surface area (Å²) in [5, 5.41) is 2.73. The molecule has 0 aliphatic heterocycles. The van der Waals surface area contributed by atoms with Gasteiger partial charge in [-0.15, -0.1) is 0 Å². The lowest BCUT2D eigenvalue weighted by Crippen LogP contribution is -2.37. The van der Waals surface area contributed by atoms with Crippen LogP contribution in [0.2, 0.25) is 0 Å². The van der Waals surface area contributed by atoms with Gasteiger partial charge in [-0.25, -0.2) is 8.42 Å². The standard InChI is InChI=1S/C19H24N2O5S/c1-13-6-7-15(10-14(13)2)20-19(22)12-21(27(5,23)24)17-9-8-16(25-3)11-18(17)26-4/h6-11H,12H2,1-5H3,(H,20,22). The number of amides is 1. The first-order chi connectivity index (χ1) is 12.7. The van der Waals surface area contributed by atoms with E-state index in [-0.39, 0.29) is 12.2 Å². The van der Waals surface area contributed by atoms with E-state index in [0.29, 0.717) is 17.2 Å². The summed E-state index contributed by atoms with van der Waals surface area (Å²) in [5.41, 5.74) is 3.01. The fraction of sp³-hybridized carbons (Fsp3) is 0.316. The monoisotopic (exact) mass is 392 g/mol. The van der Waals surface area contributed by atoms with Crippen LogP contribution in [0.1, 0.15) is 11.1 Å². The molecule has 1 amide bonds. The third kappa shape index (κ3) is 5.13. The fourth-order valence-electron chi connectivity index (χ4n) is 2.52. The molecule has 7 nitrogen and oxygen atoms in total. The number of nitrogens with one attached hydrogen (secondary N) is 1. The Hall–Kier alpha value is -2.74. The first-order valence-corrected chi connectivity index (χ1v) is 10.1. The maximum Gasteiger partial charge on any atom is 0.245 e. The minimum absolute atomic E-state index is 0.260. The first kappa shape index (κ1) is 20.6. The van der Waals surface area contributed by atoms with Crippen molar-refractivity contribution in [3.8, 4) is 11.5 Å². The van der Waals surface area contributed by atoms with E-state index >= 15 is 0 Å². The van der Waals surface area contributed by atoms with Crippen molar-refractivity contribution in [2.75, 3.05) is 36.6 Å². The van der Waals surface area contributed by atoms with Gasteiger partial charge in [0.05, 0.1) is 26.2 Å². The van der Waals surface area contributed by atoms with Gasteiger partial charge in [-0.3, -0.25) is 9.10 Å². The van der Waals surface area contributed by atoms with Crippen LogP contribution in [-0.2, 0) is 14.8 Å². The number of rotatable bonds is 7. The van der Waals surface area contributed by atoms with E-state index in [2.05, 4.69) is 5.32 Å². The second-order valence-corrected chi connectivity index (χ2v) is 8.06. The zero-order valence-electron chi connectivity index (χ0n) is 16.1.